The molecule has 5 aromatic carbocycles. The lowest BCUT2D eigenvalue weighted by Gasteiger charge is -2.57. The quantitative estimate of drug-likeness (QED) is 0.172. The van der Waals surface area contributed by atoms with Crippen LogP contribution in [0.25, 0.3) is 28.0 Å². The lowest BCUT2D eigenvalue weighted by Crippen LogP contribution is -2.48. The van der Waals surface area contributed by atoms with Gasteiger partial charge in [-0.2, -0.15) is 0 Å². The molecule has 298 valence electrons. The van der Waals surface area contributed by atoms with Gasteiger partial charge in [0.05, 0.1) is 21.3 Å². The van der Waals surface area contributed by atoms with Crippen LogP contribution in [0.4, 0.5) is 0 Å². The molecule has 4 bridgehead atoms. The molecule has 1 aliphatic heterocycles. The Morgan fingerprint density at radius 3 is 1.66 bits per heavy atom. The van der Waals surface area contributed by atoms with Gasteiger partial charge in [-0.1, -0.05) is 76.2 Å². The van der Waals surface area contributed by atoms with E-state index in [1.54, 1.807) is 38.0 Å². The van der Waals surface area contributed by atoms with Gasteiger partial charge in [-0.15, -0.1) is 0 Å². The van der Waals surface area contributed by atoms with Crippen molar-refractivity contribution in [1.29, 1.82) is 0 Å². The summed E-state index contributed by atoms with van der Waals surface area (Å²) in [7, 11) is 5.22. The smallest absolute Gasteiger partial charge is 0.178 e. The molecule has 0 saturated heterocycles. The average Bonchev–Trinajstić information content (AvgIpc) is 3.47. The Balaban J connectivity index is 1.23. The first-order chi connectivity index (χ1) is 27.9. The summed E-state index contributed by atoms with van der Waals surface area (Å²) in [6, 6.07) is 31.1. The molecule has 5 saturated carbocycles. The third-order valence-corrected chi connectivity index (χ3v) is 15.7. The molecule has 7 aliphatic rings. The highest BCUT2D eigenvalue weighted by Crippen LogP contribution is 2.70. The van der Waals surface area contributed by atoms with Crippen LogP contribution in [0, 0.1) is 28.6 Å². The molecule has 0 N–H and O–H groups in total. The zero-order valence-electron chi connectivity index (χ0n) is 35.5. The Kier molecular flexibility index (Phi) is 7.79. The number of ether oxygens (including phenoxy) is 4. The van der Waals surface area contributed by atoms with E-state index in [1.165, 1.54) is 67.0 Å². The summed E-state index contributed by atoms with van der Waals surface area (Å²) >= 11 is 0. The van der Waals surface area contributed by atoms with Crippen molar-refractivity contribution in [3.8, 4) is 34.1 Å². The molecule has 1 spiro atoms. The molecular formula is C54H58O4. The van der Waals surface area contributed by atoms with Crippen molar-refractivity contribution in [2.45, 2.75) is 102 Å². The van der Waals surface area contributed by atoms with Crippen molar-refractivity contribution >= 4 is 16.8 Å². The van der Waals surface area contributed by atoms with Crippen molar-refractivity contribution in [3.63, 3.8) is 0 Å². The van der Waals surface area contributed by atoms with E-state index in [0.29, 0.717) is 0 Å². The summed E-state index contributed by atoms with van der Waals surface area (Å²) in [4.78, 5) is 0. The van der Waals surface area contributed by atoms with Crippen LogP contribution in [0.5, 0.6) is 23.0 Å². The minimum atomic E-state index is -0.899. The van der Waals surface area contributed by atoms with E-state index in [4.69, 9.17) is 18.9 Å². The van der Waals surface area contributed by atoms with Crippen molar-refractivity contribution in [2.75, 3.05) is 21.3 Å². The maximum Gasteiger partial charge on any atom is 0.178 e. The van der Waals surface area contributed by atoms with Gasteiger partial charge < -0.3 is 18.9 Å². The number of methoxy groups -OCH3 is 3. The summed E-state index contributed by atoms with van der Waals surface area (Å²) in [5.41, 5.74) is 10.5. The van der Waals surface area contributed by atoms with Gasteiger partial charge in [-0.05, 0) is 174 Å². The summed E-state index contributed by atoms with van der Waals surface area (Å²) in [6.45, 7) is 10.1. The fourth-order valence-electron chi connectivity index (χ4n) is 14.9. The molecule has 5 fully saturated rings. The van der Waals surface area contributed by atoms with Gasteiger partial charge in [-0.25, -0.2) is 0 Å². The van der Waals surface area contributed by atoms with Crippen molar-refractivity contribution < 1.29 is 18.9 Å². The molecule has 0 unspecified atom stereocenters. The van der Waals surface area contributed by atoms with Crippen LogP contribution in [-0.2, 0) is 16.4 Å². The van der Waals surface area contributed by atoms with Crippen molar-refractivity contribution in [3.05, 3.63) is 124 Å². The zero-order chi connectivity index (χ0) is 39.8. The van der Waals surface area contributed by atoms with E-state index in [9.17, 15) is 0 Å². The maximum atomic E-state index is 7.82. The van der Waals surface area contributed by atoms with Gasteiger partial charge in [0, 0.05) is 27.5 Å². The van der Waals surface area contributed by atoms with Gasteiger partial charge in [0.25, 0.3) is 0 Å². The second-order valence-electron chi connectivity index (χ2n) is 20.9. The lowest BCUT2D eigenvalue weighted by atomic mass is 9.47. The number of rotatable bonds is 6. The monoisotopic (exact) mass is 770 g/mol. The highest BCUT2D eigenvalue weighted by Gasteiger charge is 2.58. The Bertz CT molecular complexity index is 2400. The molecule has 4 nitrogen and oxygen atoms in total. The summed E-state index contributed by atoms with van der Waals surface area (Å²) in [5, 5.41) is 2.39. The Morgan fingerprint density at radius 1 is 0.569 bits per heavy atom. The fraction of sp³-hybridized carbons (Fsp3) is 0.444. The van der Waals surface area contributed by atoms with E-state index in [0.717, 1.165) is 70.1 Å². The van der Waals surface area contributed by atoms with E-state index < -0.39 is 5.60 Å². The van der Waals surface area contributed by atoms with Gasteiger partial charge in [-0.3, -0.25) is 0 Å². The number of fused-ring (bicyclic) bond motifs is 10. The molecular weight excluding hydrogens is 713 g/mol. The van der Waals surface area contributed by atoms with Crippen molar-refractivity contribution in [1.82, 2.24) is 0 Å². The van der Waals surface area contributed by atoms with E-state index in [2.05, 4.69) is 101 Å². The first-order valence-electron chi connectivity index (χ1n) is 21.9. The second-order valence-corrected chi connectivity index (χ2v) is 20.9. The van der Waals surface area contributed by atoms with Gasteiger partial charge >= 0.3 is 0 Å². The Hall–Kier alpha value is -4.70. The fourth-order valence-corrected chi connectivity index (χ4v) is 14.9. The number of benzene rings is 5. The SMILES string of the molecule is COc1ccc(C2(c3ccc(OC)cc3)C=Cc3c4c(c5ccc(OC)cc5c3O2)-c2c(C35CC6CC(CC(C6)C3)C5)cccc2C42CC(C)(C)CC(C)(C)C2)cc1. The molecule has 58 heavy (non-hydrogen) atoms. The number of hydrogen-bond donors (Lipinski definition) is 0. The first-order valence-corrected chi connectivity index (χ1v) is 21.9. The molecule has 4 heteroatoms. The largest absolute Gasteiger partial charge is 0.497 e. The molecule has 6 aliphatic carbocycles. The number of hydrogen-bond acceptors (Lipinski definition) is 4. The highest BCUT2D eigenvalue weighted by atomic mass is 16.5. The second kappa shape index (κ2) is 12.4. The molecule has 0 aromatic heterocycles. The predicted molar refractivity (Wildman–Crippen MR) is 234 cm³/mol. The minimum absolute atomic E-state index is 0.147. The Morgan fingerprint density at radius 2 is 1.10 bits per heavy atom. The first kappa shape index (κ1) is 36.4. The van der Waals surface area contributed by atoms with Crippen LogP contribution in [0.2, 0.25) is 0 Å². The maximum absolute atomic E-state index is 7.82. The van der Waals surface area contributed by atoms with E-state index >= 15 is 0 Å². The Labute approximate surface area is 345 Å². The molecule has 0 amide bonds. The highest BCUT2D eigenvalue weighted by molar-refractivity contribution is 6.10. The van der Waals surface area contributed by atoms with Crippen LogP contribution >= 0.6 is 0 Å². The molecule has 0 atom stereocenters. The summed E-state index contributed by atoms with van der Waals surface area (Å²) in [6.07, 6.45) is 16.6. The average molecular weight is 771 g/mol. The van der Waals surface area contributed by atoms with Gasteiger partial charge in [0.1, 0.15) is 23.0 Å². The molecule has 1 heterocycles. The zero-order valence-corrected chi connectivity index (χ0v) is 35.5. The summed E-state index contributed by atoms with van der Waals surface area (Å²) in [5.74, 6) is 6.02. The van der Waals surface area contributed by atoms with Crippen LogP contribution in [0.1, 0.15) is 119 Å². The van der Waals surface area contributed by atoms with E-state index in [-0.39, 0.29) is 21.7 Å². The minimum Gasteiger partial charge on any atom is -0.497 e. The molecule has 0 radical (unpaired) electrons. The third kappa shape index (κ3) is 5.18. The van der Waals surface area contributed by atoms with Crippen LogP contribution < -0.4 is 18.9 Å². The molecule has 12 rings (SSSR count). The van der Waals surface area contributed by atoms with E-state index in [1.807, 2.05) is 24.3 Å². The molecule has 5 aromatic rings. The van der Waals surface area contributed by atoms with Gasteiger partial charge in [0.15, 0.2) is 5.60 Å². The lowest BCUT2D eigenvalue weighted by molar-refractivity contribution is -0.00497. The van der Waals surface area contributed by atoms with Crippen LogP contribution in [0.3, 0.4) is 0 Å². The summed E-state index contributed by atoms with van der Waals surface area (Å²) < 4.78 is 25.1. The standard InChI is InChI=1S/C54H58O4/c1-50(2)30-51(3,4)32-53(31-50)45-10-8-9-44(52-27-33-23-34(28-52)25-35(24-33)29-52)47(45)46-41-20-19-40(57-7)26-43(41)49-42(48(46)53)21-22-54(58-49,36-11-15-38(55-5)16-12-36)37-13-17-39(56-6)18-14-37/h8-22,26,33-35H,23-25,27-32H2,1-7H3. The third-order valence-electron chi connectivity index (χ3n) is 15.7. The normalized spacial score (nSPS) is 27.1. The topological polar surface area (TPSA) is 36.9 Å². The van der Waals surface area contributed by atoms with Crippen LogP contribution in [0.15, 0.2) is 91.0 Å². The predicted octanol–water partition coefficient (Wildman–Crippen LogP) is 13.2. The van der Waals surface area contributed by atoms with Crippen LogP contribution in [-0.4, -0.2) is 21.3 Å². The van der Waals surface area contributed by atoms with Gasteiger partial charge in [0.2, 0.25) is 0 Å². The van der Waals surface area contributed by atoms with Crippen molar-refractivity contribution in [2.24, 2.45) is 28.6 Å².